The molecule has 1 aromatic carbocycles. The van der Waals surface area contributed by atoms with Gasteiger partial charge in [0.25, 0.3) is 5.91 Å². The molecule has 0 radical (unpaired) electrons. The van der Waals surface area contributed by atoms with Crippen LogP contribution in [0.3, 0.4) is 0 Å². The fraction of sp³-hybridized carbons (Fsp3) is 0.368. The van der Waals surface area contributed by atoms with E-state index in [1.807, 2.05) is 35.2 Å². The number of methoxy groups -OCH3 is 1. The molecule has 2 aromatic rings. The third kappa shape index (κ3) is 2.65. The van der Waals surface area contributed by atoms with Crippen molar-refractivity contribution < 1.29 is 9.53 Å². The quantitative estimate of drug-likeness (QED) is 0.943. The van der Waals surface area contributed by atoms with Crippen LogP contribution in [0.5, 0.6) is 5.88 Å². The second kappa shape index (κ2) is 6.24. The Labute approximate surface area is 141 Å². The summed E-state index contributed by atoms with van der Waals surface area (Å²) in [7, 11) is 1.61. The van der Waals surface area contributed by atoms with E-state index in [0.29, 0.717) is 18.5 Å². The summed E-state index contributed by atoms with van der Waals surface area (Å²) in [6, 6.07) is 12.0. The molecule has 124 valence electrons. The van der Waals surface area contributed by atoms with Crippen LogP contribution in [0.1, 0.15) is 28.8 Å². The Hall–Kier alpha value is -2.40. The third-order valence-corrected chi connectivity index (χ3v) is 4.88. The van der Waals surface area contributed by atoms with Crippen LogP contribution in [0, 0.1) is 0 Å². The van der Waals surface area contributed by atoms with Gasteiger partial charge in [-0.05, 0) is 43.1 Å². The van der Waals surface area contributed by atoms with Crippen molar-refractivity contribution in [2.75, 3.05) is 20.2 Å². The van der Waals surface area contributed by atoms with Gasteiger partial charge in [-0.2, -0.15) is 0 Å². The maximum absolute atomic E-state index is 12.7. The van der Waals surface area contributed by atoms with Crippen molar-refractivity contribution in [2.24, 2.45) is 0 Å². The van der Waals surface area contributed by atoms with E-state index < -0.39 is 0 Å². The van der Waals surface area contributed by atoms with Gasteiger partial charge >= 0.3 is 0 Å². The summed E-state index contributed by atoms with van der Waals surface area (Å²) in [6.45, 7) is 2.64. The minimum absolute atomic E-state index is 0.156. The number of nitrogens with one attached hydrogen (secondary N) is 1. The molecule has 1 amide bonds. The Morgan fingerprint density at radius 2 is 2.21 bits per heavy atom. The summed E-state index contributed by atoms with van der Waals surface area (Å²) in [4.78, 5) is 19.2. The zero-order valence-corrected chi connectivity index (χ0v) is 13.8. The number of aromatic nitrogens is 1. The number of benzene rings is 1. The van der Waals surface area contributed by atoms with Gasteiger partial charge in [0.05, 0.1) is 12.8 Å². The maximum atomic E-state index is 12.7. The molecule has 0 saturated carbocycles. The fourth-order valence-corrected chi connectivity index (χ4v) is 3.59. The Balaban J connectivity index is 1.62. The van der Waals surface area contributed by atoms with Crippen molar-refractivity contribution in [1.29, 1.82) is 0 Å². The highest BCUT2D eigenvalue weighted by atomic mass is 16.5. The molecule has 24 heavy (non-hydrogen) atoms. The van der Waals surface area contributed by atoms with Gasteiger partial charge in [-0.25, -0.2) is 4.98 Å². The normalized spacial score (nSPS) is 20.1. The van der Waals surface area contributed by atoms with Gasteiger partial charge in [-0.3, -0.25) is 4.79 Å². The molecule has 1 atom stereocenters. The SMILES string of the molecule is COc1cccc(-c2ccc3c(c2)CN(C2CCCNC2)C3=O)n1. The molecule has 3 heterocycles. The number of piperidine rings is 1. The third-order valence-electron chi connectivity index (χ3n) is 4.88. The van der Waals surface area contributed by atoms with E-state index in [0.717, 1.165) is 48.3 Å². The summed E-state index contributed by atoms with van der Waals surface area (Å²) >= 11 is 0. The predicted octanol–water partition coefficient (Wildman–Crippen LogP) is 2.46. The number of hydrogen-bond donors (Lipinski definition) is 1. The molecule has 0 spiro atoms. The lowest BCUT2D eigenvalue weighted by Gasteiger charge is -2.31. The lowest BCUT2D eigenvalue weighted by Crippen LogP contribution is -2.46. The predicted molar refractivity (Wildman–Crippen MR) is 92.0 cm³/mol. The minimum atomic E-state index is 0.156. The Kier molecular flexibility index (Phi) is 3.94. The van der Waals surface area contributed by atoms with Gasteiger partial charge < -0.3 is 15.0 Å². The first-order valence-electron chi connectivity index (χ1n) is 8.42. The first kappa shape index (κ1) is 15.1. The number of fused-ring (bicyclic) bond motifs is 1. The molecule has 5 heteroatoms. The van der Waals surface area contributed by atoms with E-state index >= 15 is 0 Å². The first-order valence-corrected chi connectivity index (χ1v) is 8.42. The number of carbonyl (C=O) groups excluding carboxylic acids is 1. The number of nitrogens with zero attached hydrogens (tertiary/aromatic N) is 2. The van der Waals surface area contributed by atoms with E-state index in [4.69, 9.17) is 4.74 Å². The number of amides is 1. The molecule has 1 saturated heterocycles. The van der Waals surface area contributed by atoms with Crippen molar-refractivity contribution in [3.63, 3.8) is 0 Å². The highest BCUT2D eigenvalue weighted by Crippen LogP contribution is 2.30. The average Bonchev–Trinajstić information content (AvgIpc) is 2.98. The zero-order chi connectivity index (χ0) is 16.5. The van der Waals surface area contributed by atoms with Crippen molar-refractivity contribution in [1.82, 2.24) is 15.2 Å². The van der Waals surface area contributed by atoms with Gasteiger partial charge in [0.2, 0.25) is 5.88 Å². The summed E-state index contributed by atoms with van der Waals surface area (Å²) < 4.78 is 5.20. The number of carbonyl (C=O) groups is 1. The Morgan fingerprint density at radius 1 is 1.29 bits per heavy atom. The molecular weight excluding hydrogens is 302 g/mol. The molecule has 2 aliphatic heterocycles. The largest absolute Gasteiger partial charge is 0.481 e. The smallest absolute Gasteiger partial charge is 0.254 e. The van der Waals surface area contributed by atoms with Crippen molar-refractivity contribution >= 4 is 5.91 Å². The maximum Gasteiger partial charge on any atom is 0.254 e. The van der Waals surface area contributed by atoms with Crippen LogP contribution in [-0.2, 0) is 6.54 Å². The van der Waals surface area contributed by atoms with Gasteiger partial charge in [0, 0.05) is 36.3 Å². The number of ether oxygens (including phenoxy) is 1. The second-order valence-electron chi connectivity index (χ2n) is 6.37. The minimum Gasteiger partial charge on any atom is -0.481 e. The monoisotopic (exact) mass is 323 g/mol. The molecule has 1 aromatic heterocycles. The van der Waals surface area contributed by atoms with E-state index in [9.17, 15) is 4.79 Å². The van der Waals surface area contributed by atoms with Crippen LogP contribution in [0.15, 0.2) is 36.4 Å². The van der Waals surface area contributed by atoms with Crippen LogP contribution >= 0.6 is 0 Å². The van der Waals surface area contributed by atoms with E-state index in [-0.39, 0.29) is 5.91 Å². The molecule has 0 aliphatic carbocycles. The second-order valence-corrected chi connectivity index (χ2v) is 6.37. The van der Waals surface area contributed by atoms with Crippen LogP contribution in [0.25, 0.3) is 11.3 Å². The zero-order valence-electron chi connectivity index (χ0n) is 13.8. The summed E-state index contributed by atoms with van der Waals surface area (Å²) in [6.07, 6.45) is 2.21. The molecule has 1 unspecified atom stereocenters. The van der Waals surface area contributed by atoms with Crippen LogP contribution in [0.4, 0.5) is 0 Å². The van der Waals surface area contributed by atoms with Crippen LogP contribution in [-0.4, -0.2) is 42.0 Å². The van der Waals surface area contributed by atoms with E-state index in [1.165, 1.54) is 0 Å². The number of hydrogen-bond acceptors (Lipinski definition) is 4. The van der Waals surface area contributed by atoms with Crippen LogP contribution < -0.4 is 10.1 Å². The van der Waals surface area contributed by atoms with Crippen molar-refractivity contribution in [3.8, 4) is 17.1 Å². The topological polar surface area (TPSA) is 54.5 Å². The lowest BCUT2D eigenvalue weighted by molar-refractivity contribution is 0.0674. The van der Waals surface area contributed by atoms with Gasteiger partial charge in [0.1, 0.15) is 0 Å². The molecule has 1 fully saturated rings. The average molecular weight is 323 g/mol. The molecular formula is C19H21N3O2. The van der Waals surface area contributed by atoms with Crippen LogP contribution in [0.2, 0.25) is 0 Å². The molecule has 1 N–H and O–H groups in total. The number of pyridine rings is 1. The first-order chi connectivity index (χ1) is 11.8. The van der Waals surface area contributed by atoms with E-state index in [1.54, 1.807) is 7.11 Å². The van der Waals surface area contributed by atoms with Crippen molar-refractivity contribution in [2.45, 2.75) is 25.4 Å². The fourth-order valence-electron chi connectivity index (χ4n) is 3.59. The number of rotatable bonds is 3. The molecule has 0 bridgehead atoms. The van der Waals surface area contributed by atoms with Gasteiger partial charge in [-0.15, -0.1) is 0 Å². The highest BCUT2D eigenvalue weighted by Gasteiger charge is 2.33. The Morgan fingerprint density at radius 3 is 3.00 bits per heavy atom. The Bertz CT molecular complexity index is 769. The summed E-state index contributed by atoms with van der Waals surface area (Å²) in [5.74, 6) is 0.753. The molecule has 5 nitrogen and oxygen atoms in total. The van der Waals surface area contributed by atoms with Gasteiger partial charge in [0.15, 0.2) is 0 Å². The molecule has 4 rings (SSSR count). The van der Waals surface area contributed by atoms with Crippen molar-refractivity contribution in [3.05, 3.63) is 47.5 Å². The summed E-state index contributed by atoms with van der Waals surface area (Å²) in [5, 5.41) is 3.39. The highest BCUT2D eigenvalue weighted by molar-refractivity contribution is 5.99. The van der Waals surface area contributed by atoms with E-state index in [2.05, 4.69) is 16.4 Å². The standard InChI is InChI=1S/C19H21N3O2/c1-24-18-6-2-5-17(21-18)13-7-8-16-14(10-13)12-22(19(16)23)15-4-3-9-20-11-15/h2,5-8,10,15,20H,3-4,9,11-12H2,1H3. The van der Waals surface area contributed by atoms with Gasteiger partial charge in [-0.1, -0.05) is 12.1 Å². The molecule has 2 aliphatic rings. The summed E-state index contributed by atoms with van der Waals surface area (Å²) in [5.41, 5.74) is 3.80. The lowest BCUT2D eigenvalue weighted by atomic mass is 10.0.